The first-order chi connectivity index (χ1) is 19.8. The highest BCUT2D eigenvalue weighted by Gasteiger charge is 2.28. The van der Waals surface area contributed by atoms with Crippen molar-refractivity contribution in [3.8, 4) is 0 Å². The van der Waals surface area contributed by atoms with E-state index in [2.05, 4.69) is 8.83 Å². The Labute approximate surface area is 247 Å². The molecule has 28 heteroatoms. The number of nitrogens with zero attached hydrogens (tertiary/aromatic N) is 3. The van der Waals surface area contributed by atoms with E-state index in [0.717, 1.165) is 9.80 Å². The molecule has 0 radical (unpaired) electrons. The van der Waals surface area contributed by atoms with Gasteiger partial charge in [-0.2, -0.15) is 4.31 Å². The Bertz CT molecular complexity index is 966. The third kappa shape index (κ3) is 39.6. The standard InChI is InChI=1S/C14H23N3O10.C2H8NO4P.H4O7P2/c18-10(19)5-15(1-3-16(6-11(20)21)7-12(22)23)2-4-17(8-13(24)25)9-14(26)27;3-1-2-7-8(4,5)6;1-8(2,3)7-9(4,5)6/h1-9H2,(H,18,19)(H,20,21)(H,22,23)(H,24,25)(H,26,27);1-3H2,(H2,4,5,6);(H2,1,2,3)(H2,4,5,6). The summed E-state index contributed by atoms with van der Waals surface area (Å²) in [6.45, 7) is -2.73. The maximum Gasteiger partial charge on any atom is 0.478 e. The predicted octanol–water partition coefficient (Wildman–Crippen LogP) is -4.44. The third-order valence-electron chi connectivity index (χ3n) is 3.85. The largest absolute Gasteiger partial charge is 0.480 e. The van der Waals surface area contributed by atoms with Crippen LogP contribution >= 0.6 is 23.5 Å². The maximum absolute atomic E-state index is 11.0. The van der Waals surface area contributed by atoms with Crippen LogP contribution < -0.4 is 5.73 Å². The van der Waals surface area contributed by atoms with Gasteiger partial charge in [-0.25, -0.2) is 13.7 Å². The maximum atomic E-state index is 11.0. The second kappa shape index (κ2) is 23.0. The quantitative estimate of drug-likeness (QED) is 0.0499. The molecule has 0 amide bonds. The lowest BCUT2D eigenvalue weighted by Crippen LogP contribution is -2.45. The van der Waals surface area contributed by atoms with Crippen LogP contribution in [0.4, 0.5) is 0 Å². The highest BCUT2D eigenvalue weighted by molar-refractivity contribution is 7.60. The Hall–Kier alpha value is -2.44. The smallest absolute Gasteiger partial charge is 0.478 e. The zero-order chi connectivity index (χ0) is 35.3. The van der Waals surface area contributed by atoms with Crippen LogP contribution in [-0.4, -0.2) is 171 Å². The molecule has 0 heterocycles. The highest BCUT2D eigenvalue weighted by atomic mass is 31.3. The van der Waals surface area contributed by atoms with Crippen LogP contribution in [-0.2, 0) is 46.5 Å². The third-order valence-corrected chi connectivity index (χ3v) is 6.07. The molecule has 0 fully saturated rings. The van der Waals surface area contributed by atoms with Crippen molar-refractivity contribution >= 4 is 53.3 Å². The number of hydrogen-bond acceptors (Lipinski definition) is 14. The summed E-state index contributed by atoms with van der Waals surface area (Å²) in [7, 11) is -14.4. The summed E-state index contributed by atoms with van der Waals surface area (Å²) in [6.07, 6.45) is 0. The van der Waals surface area contributed by atoms with E-state index < -0.39 is 86.0 Å². The van der Waals surface area contributed by atoms with Gasteiger partial charge in [-0.1, -0.05) is 0 Å². The van der Waals surface area contributed by atoms with E-state index >= 15 is 0 Å². The fraction of sp³-hybridized carbons (Fsp3) is 0.688. The van der Waals surface area contributed by atoms with Gasteiger partial charge in [-0.3, -0.25) is 43.2 Å². The molecule has 0 atom stereocenters. The van der Waals surface area contributed by atoms with Crippen LogP contribution in [0, 0.1) is 0 Å². The van der Waals surface area contributed by atoms with Gasteiger partial charge < -0.3 is 60.6 Å². The lowest BCUT2D eigenvalue weighted by Gasteiger charge is -2.27. The Kier molecular flexibility index (Phi) is 24.0. The van der Waals surface area contributed by atoms with Gasteiger partial charge in [0.15, 0.2) is 0 Å². The first-order valence-corrected chi connectivity index (χ1v) is 15.8. The van der Waals surface area contributed by atoms with Crippen molar-refractivity contribution in [3.63, 3.8) is 0 Å². The van der Waals surface area contributed by atoms with E-state index in [1.807, 2.05) is 0 Å². The number of phosphoric acid groups is 3. The fourth-order valence-electron chi connectivity index (χ4n) is 2.53. The summed E-state index contributed by atoms with van der Waals surface area (Å²) in [5.41, 5.74) is 4.87. The summed E-state index contributed by atoms with van der Waals surface area (Å²) in [5.74, 6) is -6.16. The molecule has 13 N–H and O–H groups in total. The molecule has 44 heavy (non-hydrogen) atoms. The van der Waals surface area contributed by atoms with Crippen molar-refractivity contribution in [2.45, 2.75) is 0 Å². The van der Waals surface area contributed by atoms with Gasteiger partial charge in [0.2, 0.25) is 0 Å². The lowest BCUT2D eigenvalue weighted by molar-refractivity contribution is -0.143. The van der Waals surface area contributed by atoms with Crippen molar-refractivity contribution in [2.24, 2.45) is 5.73 Å². The topological polar surface area (TPSA) is 413 Å². The van der Waals surface area contributed by atoms with Crippen LogP contribution in [0.3, 0.4) is 0 Å². The summed E-state index contributed by atoms with van der Waals surface area (Å²) in [6, 6.07) is 0. The number of aliphatic carboxylic acids is 5. The van der Waals surface area contributed by atoms with Crippen molar-refractivity contribution in [1.29, 1.82) is 0 Å². The first-order valence-electron chi connectivity index (χ1n) is 11.2. The molecular formula is C16H35N4O21P3. The molecule has 0 aliphatic carbocycles. The van der Waals surface area contributed by atoms with Crippen molar-refractivity contribution in [1.82, 2.24) is 14.7 Å². The zero-order valence-electron chi connectivity index (χ0n) is 22.5. The Balaban J connectivity index is -0.000000800. The minimum atomic E-state index is -5.05. The van der Waals surface area contributed by atoms with E-state index in [9.17, 15) is 37.7 Å². The van der Waals surface area contributed by atoms with Crippen LogP contribution in [0.1, 0.15) is 0 Å². The molecule has 0 rings (SSSR count). The molecule has 0 saturated carbocycles. The van der Waals surface area contributed by atoms with Gasteiger partial charge in [0.25, 0.3) is 0 Å². The molecule has 0 aromatic carbocycles. The Morgan fingerprint density at radius 2 is 0.750 bits per heavy atom. The normalized spacial score (nSPS) is 11.8. The molecule has 0 aliphatic rings. The second-order valence-electron chi connectivity index (χ2n) is 7.84. The molecule has 0 aromatic rings. The van der Waals surface area contributed by atoms with E-state index in [4.69, 9.17) is 60.6 Å². The first kappa shape index (κ1) is 46.0. The van der Waals surface area contributed by atoms with Gasteiger partial charge in [0.05, 0.1) is 39.3 Å². The van der Waals surface area contributed by atoms with E-state index in [1.165, 1.54) is 4.90 Å². The fourth-order valence-corrected chi connectivity index (χ4v) is 3.98. The number of nitrogens with two attached hydrogens (primary N) is 1. The molecule has 0 aromatic heterocycles. The predicted molar refractivity (Wildman–Crippen MR) is 140 cm³/mol. The molecule has 260 valence electrons. The number of carboxylic acids is 5. The van der Waals surface area contributed by atoms with Crippen molar-refractivity contribution < 1.29 is 101 Å². The second-order valence-corrected chi connectivity index (χ2v) is 11.7. The van der Waals surface area contributed by atoms with Gasteiger partial charge >= 0.3 is 53.3 Å². The lowest BCUT2D eigenvalue weighted by atomic mass is 10.3. The van der Waals surface area contributed by atoms with Crippen molar-refractivity contribution in [3.05, 3.63) is 0 Å². The number of hydrogen-bond donors (Lipinski definition) is 12. The number of phosphoric ester groups is 1. The average Bonchev–Trinajstić information content (AvgIpc) is 2.75. The van der Waals surface area contributed by atoms with Crippen LogP contribution in [0.25, 0.3) is 0 Å². The number of carboxylic acid groups (broad SMARTS) is 5. The highest BCUT2D eigenvalue weighted by Crippen LogP contribution is 2.53. The Morgan fingerprint density at radius 1 is 0.500 bits per heavy atom. The molecule has 0 aliphatic heterocycles. The summed E-state index contributed by atoms with van der Waals surface area (Å²) in [5, 5.41) is 44.1. The molecular weight excluding hydrogens is 677 g/mol. The van der Waals surface area contributed by atoms with E-state index in [1.54, 1.807) is 0 Å². The van der Waals surface area contributed by atoms with Crippen LogP contribution in [0.5, 0.6) is 0 Å². The monoisotopic (exact) mass is 712 g/mol. The molecule has 0 unspecified atom stereocenters. The molecule has 0 bridgehead atoms. The molecule has 0 spiro atoms. The van der Waals surface area contributed by atoms with Gasteiger partial charge in [-0.15, -0.1) is 0 Å². The summed E-state index contributed by atoms with van der Waals surface area (Å²) < 4.78 is 35.9. The minimum Gasteiger partial charge on any atom is -0.480 e. The number of carbonyl (C=O) groups is 5. The zero-order valence-corrected chi connectivity index (χ0v) is 25.2. The van der Waals surface area contributed by atoms with E-state index in [-0.39, 0.29) is 39.3 Å². The summed E-state index contributed by atoms with van der Waals surface area (Å²) >= 11 is 0. The van der Waals surface area contributed by atoms with E-state index in [0.29, 0.717) is 0 Å². The average molecular weight is 712 g/mol. The minimum absolute atomic E-state index is 0.000836. The van der Waals surface area contributed by atoms with Gasteiger partial charge in [-0.05, 0) is 0 Å². The van der Waals surface area contributed by atoms with Gasteiger partial charge in [0, 0.05) is 32.7 Å². The molecule has 25 nitrogen and oxygen atoms in total. The van der Waals surface area contributed by atoms with Crippen LogP contribution in [0.15, 0.2) is 0 Å². The summed E-state index contributed by atoms with van der Waals surface area (Å²) in [4.78, 5) is 105. The SMILES string of the molecule is NCCOP(=O)(O)O.O=C(O)CN(CCN(CC(=O)O)CC(=O)O)CCN(CC(=O)O)CC(=O)O.O=P(O)(O)OP(=O)(O)O. The van der Waals surface area contributed by atoms with Crippen molar-refractivity contribution in [2.75, 3.05) is 72.1 Å². The van der Waals surface area contributed by atoms with Crippen LogP contribution in [0.2, 0.25) is 0 Å². The Morgan fingerprint density at radius 3 is 0.909 bits per heavy atom. The molecule has 0 saturated heterocycles. The van der Waals surface area contributed by atoms with Gasteiger partial charge in [0.1, 0.15) is 0 Å². The number of rotatable bonds is 21.